The van der Waals surface area contributed by atoms with Crippen LogP contribution in [-0.4, -0.2) is 42.2 Å². The van der Waals surface area contributed by atoms with E-state index in [1.54, 1.807) is 6.20 Å². The fraction of sp³-hybridized carbons (Fsp3) is 0.583. The van der Waals surface area contributed by atoms with E-state index in [-0.39, 0.29) is 24.3 Å². The molecule has 0 aromatic carbocycles. The minimum atomic E-state index is -2.96. The Morgan fingerprint density at radius 2 is 2.11 bits per heavy atom. The summed E-state index contributed by atoms with van der Waals surface area (Å²) < 4.78 is 23.6. The average Bonchev–Trinajstić information content (AvgIpc) is 2.36. The van der Waals surface area contributed by atoms with Crippen LogP contribution in [-0.2, 0) is 9.84 Å². The van der Waals surface area contributed by atoms with E-state index in [9.17, 15) is 13.5 Å². The van der Waals surface area contributed by atoms with E-state index >= 15 is 0 Å². The van der Waals surface area contributed by atoms with Crippen LogP contribution in [0.4, 0.5) is 5.69 Å². The molecule has 5 nitrogen and oxygen atoms in total. The summed E-state index contributed by atoms with van der Waals surface area (Å²) >= 11 is 3.44. The number of aliphatic hydroxyl groups is 1. The van der Waals surface area contributed by atoms with Crippen molar-refractivity contribution in [3.63, 3.8) is 0 Å². The molecule has 0 radical (unpaired) electrons. The molecule has 106 valence electrons. The van der Waals surface area contributed by atoms with E-state index in [2.05, 4.69) is 26.2 Å². The lowest BCUT2D eigenvalue weighted by atomic mass is 9.97. The fourth-order valence-electron chi connectivity index (χ4n) is 2.04. The highest BCUT2D eigenvalue weighted by Crippen LogP contribution is 2.27. The summed E-state index contributed by atoms with van der Waals surface area (Å²) in [6.45, 7) is 2.22. The first-order chi connectivity index (χ1) is 8.81. The molecule has 19 heavy (non-hydrogen) atoms. The zero-order valence-electron chi connectivity index (χ0n) is 10.7. The molecular formula is C12H17BrN2O3S. The predicted octanol–water partition coefficient (Wildman–Crippen LogP) is 1.50. The van der Waals surface area contributed by atoms with Crippen LogP contribution in [0.2, 0.25) is 0 Å². The number of pyridine rings is 1. The molecule has 7 heteroatoms. The van der Waals surface area contributed by atoms with Gasteiger partial charge in [-0.2, -0.15) is 0 Å². The highest BCUT2D eigenvalue weighted by atomic mass is 79.9. The number of aryl methyl sites for hydroxylation is 1. The van der Waals surface area contributed by atoms with Gasteiger partial charge in [0.25, 0.3) is 0 Å². The van der Waals surface area contributed by atoms with Crippen LogP contribution in [0.1, 0.15) is 18.5 Å². The van der Waals surface area contributed by atoms with Gasteiger partial charge in [-0.1, -0.05) is 0 Å². The van der Waals surface area contributed by atoms with Gasteiger partial charge in [0.1, 0.15) is 0 Å². The van der Waals surface area contributed by atoms with E-state index in [0.717, 1.165) is 15.9 Å². The van der Waals surface area contributed by atoms with Gasteiger partial charge in [0, 0.05) is 12.7 Å². The molecule has 2 N–H and O–H groups in total. The summed E-state index contributed by atoms with van der Waals surface area (Å²) in [5.74, 6) is 0.115. The van der Waals surface area contributed by atoms with E-state index in [1.807, 2.05) is 13.0 Å². The predicted molar refractivity (Wildman–Crippen MR) is 78.0 cm³/mol. The van der Waals surface area contributed by atoms with Crippen LogP contribution in [0.15, 0.2) is 16.7 Å². The third kappa shape index (κ3) is 3.67. The first-order valence-electron chi connectivity index (χ1n) is 6.09. The summed E-state index contributed by atoms with van der Waals surface area (Å²) in [5.41, 5.74) is 0.764. The standard InChI is InChI=1S/C12H17BrN2O3S/c1-9-11(13)10(2-5-14-9)15-8-12(16)3-6-19(17,18)7-4-12/h2,5,16H,3-4,6-8H2,1H3,(H,14,15). The van der Waals surface area contributed by atoms with Gasteiger partial charge >= 0.3 is 0 Å². The molecule has 2 rings (SSSR count). The van der Waals surface area contributed by atoms with Crippen LogP contribution in [0, 0.1) is 6.92 Å². The second kappa shape index (κ2) is 5.38. The van der Waals surface area contributed by atoms with E-state index in [0.29, 0.717) is 6.54 Å². The van der Waals surface area contributed by atoms with Gasteiger partial charge in [0.2, 0.25) is 0 Å². The Bertz CT molecular complexity index is 560. The van der Waals surface area contributed by atoms with Crippen LogP contribution in [0.5, 0.6) is 0 Å². The number of nitrogens with one attached hydrogen (secondary N) is 1. The van der Waals surface area contributed by atoms with Crippen molar-refractivity contribution in [2.75, 3.05) is 23.4 Å². The SMILES string of the molecule is Cc1nccc(NCC2(O)CCS(=O)(=O)CC2)c1Br. The lowest BCUT2D eigenvalue weighted by Gasteiger charge is -2.32. The topological polar surface area (TPSA) is 79.3 Å². The molecule has 0 atom stereocenters. The van der Waals surface area contributed by atoms with Crippen molar-refractivity contribution in [1.29, 1.82) is 0 Å². The van der Waals surface area contributed by atoms with E-state index in [1.165, 1.54) is 0 Å². The van der Waals surface area contributed by atoms with E-state index in [4.69, 9.17) is 0 Å². The number of hydrogen-bond acceptors (Lipinski definition) is 5. The van der Waals surface area contributed by atoms with E-state index < -0.39 is 15.4 Å². The normalized spacial score (nSPS) is 21.0. The van der Waals surface area contributed by atoms with Gasteiger partial charge < -0.3 is 10.4 Å². The number of nitrogens with zero attached hydrogens (tertiary/aromatic N) is 1. The van der Waals surface area contributed by atoms with Gasteiger partial charge in [-0.25, -0.2) is 8.42 Å². The second-order valence-corrected chi connectivity index (χ2v) is 8.08. The smallest absolute Gasteiger partial charge is 0.150 e. The molecule has 0 aliphatic carbocycles. The van der Waals surface area contributed by atoms with Crippen LogP contribution in [0.3, 0.4) is 0 Å². The maximum absolute atomic E-state index is 11.4. The zero-order chi connectivity index (χ0) is 14.1. The van der Waals surface area contributed by atoms with Crippen molar-refractivity contribution in [3.05, 3.63) is 22.4 Å². The quantitative estimate of drug-likeness (QED) is 0.865. The third-order valence-corrected chi connectivity index (χ3v) is 6.08. The molecule has 0 saturated carbocycles. The van der Waals surface area contributed by atoms with Crippen molar-refractivity contribution in [2.24, 2.45) is 0 Å². The molecule has 1 fully saturated rings. The number of aromatic nitrogens is 1. The van der Waals surface area contributed by atoms with Gasteiger partial charge in [-0.3, -0.25) is 4.98 Å². The van der Waals surface area contributed by atoms with Crippen molar-refractivity contribution < 1.29 is 13.5 Å². The second-order valence-electron chi connectivity index (χ2n) is 4.99. The maximum atomic E-state index is 11.4. The first kappa shape index (κ1) is 14.7. The summed E-state index contributed by atoms with van der Waals surface area (Å²) in [6, 6.07) is 1.82. The lowest BCUT2D eigenvalue weighted by molar-refractivity contribution is 0.0436. The van der Waals surface area contributed by atoms with Gasteiger partial charge in [0.15, 0.2) is 9.84 Å². The summed E-state index contributed by atoms with van der Waals surface area (Å²) in [7, 11) is -2.96. The molecule has 1 aliphatic heterocycles. The average molecular weight is 349 g/mol. The van der Waals surface area contributed by atoms with Gasteiger partial charge in [-0.15, -0.1) is 0 Å². The monoisotopic (exact) mass is 348 g/mol. The Hall–Kier alpha value is -0.660. The molecule has 1 aromatic rings. The summed E-state index contributed by atoms with van der Waals surface area (Å²) in [5, 5.41) is 13.5. The summed E-state index contributed by atoms with van der Waals surface area (Å²) in [4.78, 5) is 4.14. The molecule has 1 aromatic heterocycles. The minimum Gasteiger partial charge on any atom is -0.388 e. The zero-order valence-corrected chi connectivity index (χ0v) is 13.1. The number of rotatable bonds is 3. The Morgan fingerprint density at radius 1 is 1.47 bits per heavy atom. The lowest BCUT2D eigenvalue weighted by Crippen LogP contribution is -2.44. The molecule has 0 spiro atoms. The van der Waals surface area contributed by atoms with Gasteiger partial charge in [-0.05, 0) is 41.8 Å². The van der Waals surface area contributed by atoms with Crippen molar-refractivity contribution in [3.8, 4) is 0 Å². The number of halogens is 1. The minimum absolute atomic E-state index is 0.0573. The Morgan fingerprint density at radius 3 is 2.74 bits per heavy atom. The fourth-order valence-corrected chi connectivity index (χ4v) is 4.00. The Kier molecular flexibility index (Phi) is 4.17. The summed E-state index contributed by atoms with van der Waals surface area (Å²) in [6.07, 6.45) is 2.26. The molecule has 1 saturated heterocycles. The molecule has 0 unspecified atom stereocenters. The first-order valence-corrected chi connectivity index (χ1v) is 8.71. The number of anilines is 1. The Balaban J connectivity index is 2.01. The van der Waals surface area contributed by atoms with Gasteiger partial charge in [0.05, 0.1) is 33.0 Å². The van der Waals surface area contributed by atoms with Crippen molar-refractivity contribution in [2.45, 2.75) is 25.4 Å². The Labute approximate surface area is 121 Å². The van der Waals surface area contributed by atoms with Crippen molar-refractivity contribution in [1.82, 2.24) is 4.98 Å². The largest absolute Gasteiger partial charge is 0.388 e. The van der Waals surface area contributed by atoms with Crippen molar-refractivity contribution >= 4 is 31.5 Å². The maximum Gasteiger partial charge on any atom is 0.150 e. The highest BCUT2D eigenvalue weighted by molar-refractivity contribution is 9.10. The third-order valence-electron chi connectivity index (χ3n) is 3.43. The van der Waals surface area contributed by atoms with Crippen LogP contribution >= 0.6 is 15.9 Å². The molecule has 2 heterocycles. The van der Waals surface area contributed by atoms with Crippen LogP contribution < -0.4 is 5.32 Å². The molecule has 0 bridgehead atoms. The number of hydrogen-bond donors (Lipinski definition) is 2. The van der Waals surface area contributed by atoms with Crippen LogP contribution in [0.25, 0.3) is 0 Å². The number of sulfone groups is 1. The molecule has 1 aliphatic rings. The molecule has 0 amide bonds. The molecular weight excluding hydrogens is 332 g/mol. The highest BCUT2D eigenvalue weighted by Gasteiger charge is 2.35.